The van der Waals surface area contributed by atoms with Crippen molar-refractivity contribution in [2.45, 2.75) is 26.2 Å². The summed E-state index contributed by atoms with van der Waals surface area (Å²) in [7, 11) is 1.86. The summed E-state index contributed by atoms with van der Waals surface area (Å²) >= 11 is 0. The maximum absolute atomic E-state index is 11.3. The summed E-state index contributed by atoms with van der Waals surface area (Å²) in [6, 6.07) is 0. The number of anilines is 1. The van der Waals surface area contributed by atoms with Crippen molar-refractivity contribution in [2.24, 2.45) is 7.05 Å². The number of hydrogen-bond acceptors (Lipinski definition) is 5. The lowest BCUT2D eigenvalue weighted by atomic mass is 10.2. The summed E-state index contributed by atoms with van der Waals surface area (Å²) in [6.07, 6.45) is 6.00. The number of nitrogens with one attached hydrogen (secondary N) is 1. The van der Waals surface area contributed by atoms with Gasteiger partial charge in [0.05, 0.1) is 18.1 Å². The molecule has 21 heavy (non-hydrogen) atoms. The normalized spacial score (nSPS) is 10.9. The number of hydrogen-bond donors (Lipinski definition) is 2. The minimum absolute atomic E-state index is 0.0138. The summed E-state index contributed by atoms with van der Waals surface area (Å²) in [5.41, 5.74) is 1.54. The Labute approximate surface area is 123 Å². The molecule has 2 aromatic rings. The molecule has 0 saturated carbocycles. The zero-order valence-electron chi connectivity index (χ0n) is 12.4. The first-order valence-electron chi connectivity index (χ1n) is 6.79. The van der Waals surface area contributed by atoms with Crippen LogP contribution in [0.5, 0.6) is 0 Å². The van der Waals surface area contributed by atoms with Gasteiger partial charge in [-0.25, -0.2) is 14.8 Å². The summed E-state index contributed by atoms with van der Waals surface area (Å²) in [5.74, 6) is -0.430. The molecular weight excluding hydrogens is 270 g/mol. The van der Waals surface area contributed by atoms with E-state index in [9.17, 15) is 9.90 Å². The Hall–Kier alpha value is -2.44. The zero-order chi connectivity index (χ0) is 15.4. The second-order valence-corrected chi connectivity index (χ2v) is 5.15. The van der Waals surface area contributed by atoms with Crippen molar-refractivity contribution < 1.29 is 9.90 Å². The van der Waals surface area contributed by atoms with E-state index >= 15 is 0 Å². The molecule has 2 rings (SSSR count). The van der Waals surface area contributed by atoms with Gasteiger partial charge in [-0.2, -0.15) is 5.10 Å². The van der Waals surface area contributed by atoms with Gasteiger partial charge in [-0.15, -0.1) is 0 Å². The molecule has 0 aliphatic heterocycles. The summed E-state index contributed by atoms with van der Waals surface area (Å²) in [4.78, 5) is 19.6. The highest BCUT2D eigenvalue weighted by molar-refractivity contribution is 5.91. The number of aryl methyl sites for hydroxylation is 1. The number of nitrogens with zero attached hydrogens (tertiary/aromatic N) is 4. The lowest BCUT2D eigenvalue weighted by Gasteiger charge is -2.10. The molecule has 0 aliphatic carbocycles. The van der Waals surface area contributed by atoms with Gasteiger partial charge < -0.3 is 10.4 Å². The lowest BCUT2D eigenvalue weighted by molar-refractivity contribution is 0.0691. The Morgan fingerprint density at radius 3 is 2.76 bits per heavy atom. The quantitative estimate of drug-likeness (QED) is 0.840. The first kappa shape index (κ1) is 15.0. The van der Waals surface area contributed by atoms with Gasteiger partial charge in [0.1, 0.15) is 5.82 Å². The van der Waals surface area contributed by atoms with Gasteiger partial charge in [0, 0.05) is 25.7 Å². The minimum atomic E-state index is -1.05. The third kappa shape index (κ3) is 3.77. The van der Waals surface area contributed by atoms with Crippen molar-refractivity contribution in [1.29, 1.82) is 0 Å². The number of aromatic carboxylic acids is 1. The fraction of sp³-hybridized carbons (Fsp3) is 0.429. The Bertz CT molecular complexity index is 636. The van der Waals surface area contributed by atoms with Gasteiger partial charge in [-0.1, -0.05) is 13.8 Å². The smallest absolute Gasteiger partial charge is 0.356 e. The second kappa shape index (κ2) is 6.34. The molecule has 0 aliphatic rings. The minimum Gasteiger partial charge on any atom is -0.476 e. The molecule has 0 radical (unpaired) electrons. The van der Waals surface area contributed by atoms with Crippen LogP contribution in [0.25, 0.3) is 0 Å². The molecule has 0 saturated heterocycles. The van der Waals surface area contributed by atoms with Crippen molar-refractivity contribution in [3.63, 3.8) is 0 Å². The monoisotopic (exact) mass is 289 g/mol. The molecule has 0 bridgehead atoms. The molecule has 2 N–H and O–H groups in total. The number of carboxylic acid groups (broad SMARTS) is 1. The van der Waals surface area contributed by atoms with Crippen LogP contribution in [0.3, 0.4) is 0 Å². The van der Waals surface area contributed by atoms with Crippen LogP contribution < -0.4 is 5.32 Å². The van der Waals surface area contributed by atoms with E-state index in [1.807, 2.05) is 27.1 Å². The zero-order valence-corrected chi connectivity index (χ0v) is 12.4. The Morgan fingerprint density at radius 2 is 2.19 bits per heavy atom. The Kier molecular flexibility index (Phi) is 4.52. The van der Waals surface area contributed by atoms with Crippen LogP contribution in [-0.4, -0.2) is 37.4 Å². The molecule has 0 amide bonds. The van der Waals surface area contributed by atoms with Crippen LogP contribution in [0.2, 0.25) is 0 Å². The number of rotatable bonds is 6. The highest BCUT2D eigenvalue weighted by Crippen LogP contribution is 2.16. The molecule has 0 aromatic carbocycles. The number of carboxylic acids is 1. The van der Waals surface area contributed by atoms with Crippen LogP contribution in [0.1, 0.15) is 41.6 Å². The standard InChI is InChI=1S/C14H19N5O2/c1-9(2)13-16-7-11(12(18-13)14(20)21)15-5-4-10-6-17-19(3)8-10/h6-9,15H,4-5H2,1-3H3,(H,20,21). The average molecular weight is 289 g/mol. The van der Waals surface area contributed by atoms with Crippen molar-refractivity contribution in [2.75, 3.05) is 11.9 Å². The van der Waals surface area contributed by atoms with Crippen LogP contribution in [0.4, 0.5) is 5.69 Å². The van der Waals surface area contributed by atoms with E-state index in [1.165, 1.54) is 6.20 Å². The van der Waals surface area contributed by atoms with Crippen molar-refractivity contribution >= 4 is 11.7 Å². The number of carbonyl (C=O) groups is 1. The van der Waals surface area contributed by atoms with E-state index in [2.05, 4.69) is 20.4 Å². The molecule has 7 nitrogen and oxygen atoms in total. The van der Waals surface area contributed by atoms with E-state index in [1.54, 1.807) is 10.9 Å². The van der Waals surface area contributed by atoms with Gasteiger partial charge in [0.2, 0.25) is 0 Å². The van der Waals surface area contributed by atoms with Crippen LogP contribution in [0.15, 0.2) is 18.6 Å². The topological polar surface area (TPSA) is 92.9 Å². The predicted octanol–water partition coefficient (Wildman–Crippen LogP) is 1.69. The molecule has 112 valence electrons. The molecular formula is C14H19N5O2. The van der Waals surface area contributed by atoms with Gasteiger partial charge in [-0.3, -0.25) is 4.68 Å². The first-order valence-corrected chi connectivity index (χ1v) is 6.79. The molecule has 0 atom stereocenters. The van der Waals surface area contributed by atoms with E-state index in [0.717, 1.165) is 12.0 Å². The van der Waals surface area contributed by atoms with E-state index in [4.69, 9.17) is 0 Å². The van der Waals surface area contributed by atoms with Gasteiger partial charge in [0.25, 0.3) is 0 Å². The Balaban J connectivity index is 2.06. The largest absolute Gasteiger partial charge is 0.476 e. The second-order valence-electron chi connectivity index (χ2n) is 5.15. The Morgan fingerprint density at radius 1 is 1.43 bits per heavy atom. The van der Waals surface area contributed by atoms with E-state index in [-0.39, 0.29) is 11.6 Å². The molecule has 0 unspecified atom stereocenters. The van der Waals surface area contributed by atoms with Crippen molar-refractivity contribution in [3.8, 4) is 0 Å². The van der Waals surface area contributed by atoms with Crippen LogP contribution in [-0.2, 0) is 13.5 Å². The summed E-state index contributed by atoms with van der Waals surface area (Å²) in [6.45, 7) is 4.45. The molecule has 7 heteroatoms. The van der Waals surface area contributed by atoms with Gasteiger partial charge in [-0.05, 0) is 12.0 Å². The maximum Gasteiger partial charge on any atom is 0.356 e. The third-order valence-corrected chi connectivity index (χ3v) is 3.01. The van der Waals surface area contributed by atoms with Gasteiger partial charge in [0.15, 0.2) is 5.69 Å². The van der Waals surface area contributed by atoms with Crippen LogP contribution >= 0.6 is 0 Å². The molecule has 2 aromatic heterocycles. The van der Waals surface area contributed by atoms with Crippen molar-refractivity contribution in [1.82, 2.24) is 19.7 Å². The summed E-state index contributed by atoms with van der Waals surface area (Å²) in [5, 5.41) is 16.4. The van der Waals surface area contributed by atoms with E-state index < -0.39 is 5.97 Å². The third-order valence-electron chi connectivity index (χ3n) is 3.01. The molecule has 0 fully saturated rings. The number of aromatic nitrogens is 4. The lowest BCUT2D eigenvalue weighted by Crippen LogP contribution is -2.13. The highest BCUT2D eigenvalue weighted by atomic mass is 16.4. The molecule has 2 heterocycles. The first-order chi connectivity index (χ1) is 9.97. The van der Waals surface area contributed by atoms with Crippen molar-refractivity contribution in [3.05, 3.63) is 35.7 Å². The average Bonchev–Trinajstić information content (AvgIpc) is 2.84. The fourth-order valence-corrected chi connectivity index (χ4v) is 1.91. The van der Waals surface area contributed by atoms with Crippen LogP contribution in [0, 0.1) is 0 Å². The van der Waals surface area contributed by atoms with Gasteiger partial charge >= 0.3 is 5.97 Å². The maximum atomic E-state index is 11.3. The fourth-order valence-electron chi connectivity index (χ4n) is 1.91. The predicted molar refractivity (Wildman–Crippen MR) is 78.5 cm³/mol. The summed E-state index contributed by atoms with van der Waals surface area (Å²) < 4.78 is 1.73. The van der Waals surface area contributed by atoms with E-state index in [0.29, 0.717) is 18.1 Å². The molecule has 0 spiro atoms. The highest BCUT2D eigenvalue weighted by Gasteiger charge is 2.15. The SMILES string of the molecule is CC(C)c1ncc(NCCc2cnn(C)c2)c(C(=O)O)n1.